The number of benzene rings is 1. The van der Waals surface area contributed by atoms with Crippen molar-refractivity contribution in [1.82, 2.24) is 5.32 Å². The minimum absolute atomic E-state index is 0.0308. The molecule has 1 aliphatic rings. The average Bonchev–Trinajstić information content (AvgIpc) is 3.06. The van der Waals surface area contributed by atoms with Crippen LogP contribution >= 0.6 is 0 Å². The third-order valence-corrected chi connectivity index (χ3v) is 5.34. The lowest BCUT2D eigenvalue weighted by Crippen LogP contribution is -2.52. The fraction of sp³-hybridized carbons (Fsp3) is 0.632. The lowest BCUT2D eigenvalue weighted by atomic mass is 9.73. The van der Waals surface area contributed by atoms with Gasteiger partial charge >= 0.3 is 0 Å². The van der Waals surface area contributed by atoms with Crippen molar-refractivity contribution in [2.24, 2.45) is 11.5 Å². The van der Waals surface area contributed by atoms with Crippen molar-refractivity contribution in [2.45, 2.75) is 69.4 Å². The van der Waals surface area contributed by atoms with Gasteiger partial charge < -0.3 is 16.8 Å². The first-order chi connectivity index (χ1) is 11.1. The number of nitrogens with two attached hydrogens (primary N) is 2. The fourth-order valence-corrected chi connectivity index (χ4v) is 3.85. The Kier molecular flexibility index (Phi) is 6.60. The number of unbranched alkanes of at least 4 members (excludes halogenated alkanes) is 1. The van der Waals surface area contributed by atoms with E-state index >= 15 is 0 Å². The van der Waals surface area contributed by atoms with E-state index in [-0.39, 0.29) is 17.4 Å². The normalized spacial score (nSPS) is 19.3. The van der Waals surface area contributed by atoms with E-state index in [1.165, 1.54) is 18.4 Å². The number of amides is 1. The second kappa shape index (κ2) is 8.46. The highest BCUT2D eigenvalue weighted by molar-refractivity contribution is 5.81. The third kappa shape index (κ3) is 4.33. The Bertz CT molecular complexity index is 483. The summed E-state index contributed by atoms with van der Waals surface area (Å²) in [6.45, 7) is 2.78. The summed E-state index contributed by atoms with van der Waals surface area (Å²) in [5.41, 5.74) is 12.9. The predicted octanol–water partition coefficient (Wildman–Crippen LogP) is 2.46. The third-order valence-electron chi connectivity index (χ3n) is 5.34. The van der Waals surface area contributed by atoms with E-state index < -0.39 is 6.04 Å². The minimum atomic E-state index is -0.432. The van der Waals surface area contributed by atoms with Crippen molar-refractivity contribution in [2.75, 3.05) is 6.54 Å². The largest absolute Gasteiger partial charge is 0.351 e. The molecule has 2 rings (SSSR count). The summed E-state index contributed by atoms with van der Waals surface area (Å²) in [7, 11) is 0. The monoisotopic (exact) mass is 317 g/mol. The molecule has 0 saturated heterocycles. The van der Waals surface area contributed by atoms with Crippen LogP contribution in [0.5, 0.6) is 0 Å². The molecule has 0 aliphatic heterocycles. The maximum absolute atomic E-state index is 12.4. The van der Waals surface area contributed by atoms with Gasteiger partial charge in [-0.3, -0.25) is 4.79 Å². The molecule has 0 radical (unpaired) electrons. The van der Waals surface area contributed by atoms with Gasteiger partial charge in [0.1, 0.15) is 0 Å². The topological polar surface area (TPSA) is 81.1 Å². The summed E-state index contributed by atoms with van der Waals surface area (Å²) < 4.78 is 0. The summed E-state index contributed by atoms with van der Waals surface area (Å²) in [5.74, 6) is -0.0308. The number of hydrogen-bond donors (Lipinski definition) is 3. The van der Waals surface area contributed by atoms with Crippen LogP contribution in [0.25, 0.3) is 0 Å². The molecule has 4 nitrogen and oxygen atoms in total. The lowest BCUT2D eigenvalue weighted by molar-refractivity contribution is -0.123. The van der Waals surface area contributed by atoms with Gasteiger partial charge in [-0.25, -0.2) is 0 Å². The molecule has 2 atom stereocenters. The van der Waals surface area contributed by atoms with E-state index in [4.69, 9.17) is 11.5 Å². The second-order valence-electron chi connectivity index (χ2n) is 6.85. The summed E-state index contributed by atoms with van der Waals surface area (Å²) in [5, 5.41) is 3.19. The Morgan fingerprint density at radius 3 is 2.48 bits per heavy atom. The van der Waals surface area contributed by atoms with Gasteiger partial charge in [-0.1, -0.05) is 49.6 Å². The molecule has 1 saturated carbocycles. The Labute approximate surface area is 140 Å². The first kappa shape index (κ1) is 18.0. The molecule has 0 aromatic heterocycles. The molecule has 0 spiro atoms. The molecular formula is C19H31N3O. The van der Waals surface area contributed by atoms with Crippen LogP contribution < -0.4 is 16.8 Å². The molecule has 5 N–H and O–H groups in total. The smallest absolute Gasteiger partial charge is 0.237 e. The summed E-state index contributed by atoms with van der Waals surface area (Å²) in [6.07, 6.45) is 7.22. The van der Waals surface area contributed by atoms with Gasteiger partial charge in [0.25, 0.3) is 0 Å². The van der Waals surface area contributed by atoms with Gasteiger partial charge in [-0.05, 0) is 44.7 Å². The van der Waals surface area contributed by atoms with E-state index in [1.807, 2.05) is 6.07 Å². The number of rotatable bonds is 8. The summed E-state index contributed by atoms with van der Waals surface area (Å²) in [4.78, 5) is 12.4. The molecule has 1 amide bonds. The Balaban J connectivity index is 2.02. The van der Waals surface area contributed by atoms with Crippen LogP contribution in [-0.4, -0.2) is 24.5 Å². The molecule has 0 bridgehead atoms. The first-order valence-corrected chi connectivity index (χ1v) is 8.92. The number of hydrogen-bond acceptors (Lipinski definition) is 3. The van der Waals surface area contributed by atoms with E-state index in [2.05, 4.69) is 36.5 Å². The van der Waals surface area contributed by atoms with Gasteiger partial charge in [0.05, 0.1) is 6.04 Å². The molecule has 23 heavy (non-hydrogen) atoms. The Hall–Kier alpha value is -1.39. The fourth-order valence-electron chi connectivity index (χ4n) is 3.85. The maximum Gasteiger partial charge on any atom is 0.237 e. The molecule has 1 unspecified atom stereocenters. The van der Waals surface area contributed by atoms with Gasteiger partial charge in [0.2, 0.25) is 5.91 Å². The maximum atomic E-state index is 12.4. The highest BCUT2D eigenvalue weighted by atomic mass is 16.2. The molecular weight excluding hydrogens is 286 g/mol. The van der Waals surface area contributed by atoms with Crippen LogP contribution in [0.1, 0.15) is 57.4 Å². The van der Waals surface area contributed by atoms with Gasteiger partial charge in [-0.2, -0.15) is 0 Å². The zero-order chi connectivity index (χ0) is 16.7. The van der Waals surface area contributed by atoms with E-state index in [0.29, 0.717) is 13.0 Å². The summed E-state index contributed by atoms with van der Waals surface area (Å²) >= 11 is 0. The molecule has 0 heterocycles. The van der Waals surface area contributed by atoms with Gasteiger partial charge in [0, 0.05) is 11.5 Å². The number of nitrogens with one attached hydrogen (secondary N) is 1. The predicted molar refractivity (Wildman–Crippen MR) is 95.1 cm³/mol. The molecule has 128 valence electrons. The second-order valence-corrected chi connectivity index (χ2v) is 6.85. The minimum Gasteiger partial charge on any atom is -0.351 e. The van der Waals surface area contributed by atoms with E-state index in [9.17, 15) is 4.79 Å². The van der Waals surface area contributed by atoms with Crippen molar-refractivity contribution in [1.29, 1.82) is 0 Å². The zero-order valence-electron chi connectivity index (χ0n) is 14.3. The van der Waals surface area contributed by atoms with Crippen LogP contribution in [0.15, 0.2) is 30.3 Å². The summed E-state index contributed by atoms with van der Waals surface area (Å²) in [6, 6.07) is 10.3. The molecule has 1 aliphatic carbocycles. The lowest BCUT2D eigenvalue weighted by Gasteiger charge is -2.37. The first-order valence-electron chi connectivity index (χ1n) is 8.92. The standard InChI is InChI=1S/C19H31N3O/c1-15(22-18(23)17(21)11-5-8-14-20)19(12-6-7-13-19)16-9-3-2-4-10-16/h2-4,9-10,15,17H,5-8,11-14,20-21H2,1H3,(H,22,23)/t15?,17-/m0/s1. The SMILES string of the molecule is CC(NC(=O)[C@@H](N)CCCCN)C1(c2ccccc2)CCCC1. The molecule has 1 aromatic carbocycles. The van der Waals surface area contributed by atoms with Crippen LogP contribution in [-0.2, 0) is 10.2 Å². The van der Waals surface area contributed by atoms with Crippen molar-refractivity contribution in [3.05, 3.63) is 35.9 Å². The average molecular weight is 317 g/mol. The van der Waals surface area contributed by atoms with Crippen molar-refractivity contribution in [3.63, 3.8) is 0 Å². The Morgan fingerprint density at radius 1 is 1.22 bits per heavy atom. The van der Waals surface area contributed by atoms with Crippen LogP contribution in [0, 0.1) is 0 Å². The van der Waals surface area contributed by atoms with Crippen LogP contribution in [0.4, 0.5) is 0 Å². The van der Waals surface area contributed by atoms with E-state index in [0.717, 1.165) is 25.7 Å². The van der Waals surface area contributed by atoms with Crippen molar-refractivity contribution in [3.8, 4) is 0 Å². The highest BCUT2D eigenvalue weighted by Crippen LogP contribution is 2.43. The molecule has 1 fully saturated rings. The zero-order valence-corrected chi connectivity index (χ0v) is 14.3. The molecule has 1 aromatic rings. The van der Waals surface area contributed by atoms with Crippen molar-refractivity contribution >= 4 is 5.91 Å². The number of carbonyl (C=O) groups is 1. The van der Waals surface area contributed by atoms with Gasteiger partial charge in [0.15, 0.2) is 0 Å². The number of carbonyl (C=O) groups excluding carboxylic acids is 1. The van der Waals surface area contributed by atoms with Crippen LogP contribution in [0.3, 0.4) is 0 Å². The highest BCUT2D eigenvalue weighted by Gasteiger charge is 2.41. The van der Waals surface area contributed by atoms with E-state index in [1.54, 1.807) is 0 Å². The van der Waals surface area contributed by atoms with Crippen LogP contribution in [0.2, 0.25) is 0 Å². The van der Waals surface area contributed by atoms with Crippen molar-refractivity contribution < 1.29 is 4.79 Å². The van der Waals surface area contributed by atoms with Gasteiger partial charge in [-0.15, -0.1) is 0 Å². The quantitative estimate of drug-likeness (QED) is 0.644. The Morgan fingerprint density at radius 2 is 1.87 bits per heavy atom. The molecule has 4 heteroatoms.